The van der Waals surface area contributed by atoms with Gasteiger partial charge in [-0.2, -0.15) is 5.06 Å². The lowest BCUT2D eigenvalue weighted by atomic mass is 9.86. The Morgan fingerprint density at radius 2 is 1.80 bits per heavy atom. The van der Waals surface area contributed by atoms with Crippen LogP contribution in [0.25, 0.3) is 0 Å². The van der Waals surface area contributed by atoms with E-state index >= 15 is 0 Å². The summed E-state index contributed by atoms with van der Waals surface area (Å²) in [5, 5.41) is 0.969. The van der Waals surface area contributed by atoms with Crippen molar-refractivity contribution in [1.82, 2.24) is 9.79 Å². The van der Waals surface area contributed by atoms with Gasteiger partial charge >= 0.3 is 0 Å². The van der Waals surface area contributed by atoms with Crippen molar-refractivity contribution in [1.29, 1.82) is 0 Å². The number of nitrogens with zero attached hydrogens (tertiary/aromatic N) is 1. The molecule has 2 atom stereocenters. The van der Waals surface area contributed by atoms with E-state index in [-0.39, 0.29) is 18.1 Å². The molecular weight excluding hydrogens is 400 g/mol. The Morgan fingerprint density at radius 3 is 2.43 bits per heavy atom. The molecule has 6 nitrogen and oxygen atoms in total. The summed E-state index contributed by atoms with van der Waals surface area (Å²) in [6, 6.07) is 15.4. The highest BCUT2D eigenvalue weighted by Gasteiger charge is 2.43. The van der Waals surface area contributed by atoms with Crippen molar-refractivity contribution in [3.05, 3.63) is 65.2 Å². The van der Waals surface area contributed by atoms with E-state index < -0.39 is 15.3 Å². The highest BCUT2D eigenvalue weighted by Crippen LogP contribution is 2.34. The van der Waals surface area contributed by atoms with Gasteiger partial charge in [-0.25, -0.2) is 13.1 Å². The maximum Gasteiger partial charge on any atom is 0.218 e. The molecule has 7 heteroatoms. The summed E-state index contributed by atoms with van der Waals surface area (Å²) in [5.74, 6) is 0.762. The van der Waals surface area contributed by atoms with Crippen LogP contribution in [0.2, 0.25) is 0 Å². The second-order valence-electron chi connectivity index (χ2n) is 8.70. The second-order valence-corrected chi connectivity index (χ2v) is 10.7. The Balaban J connectivity index is 1.72. The first-order valence-electron chi connectivity index (χ1n) is 10.2. The number of hydrogen-bond acceptors (Lipinski definition) is 5. The molecule has 1 aliphatic rings. The highest BCUT2D eigenvalue weighted by molar-refractivity contribution is 7.90. The topological polar surface area (TPSA) is 67.9 Å². The van der Waals surface area contributed by atoms with E-state index in [0.29, 0.717) is 13.0 Å². The van der Waals surface area contributed by atoms with Gasteiger partial charge in [0.05, 0.1) is 19.8 Å². The van der Waals surface area contributed by atoms with Crippen LogP contribution in [0.15, 0.2) is 48.5 Å². The van der Waals surface area contributed by atoms with E-state index in [0.717, 1.165) is 16.9 Å². The van der Waals surface area contributed by atoms with Crippen LogP contribution >= 0.6 is 0 Å². The summed E-state index contributed by atoms with van der Waals surface area (Å²) >= 11 is 0. The molecule has 1 heterocycles. The molecule has 1 N–H and O–H groups in total. The third-order valence-corrected chi connectivity index (χ3v) is 7.39. The average molecular weight is 433 g/mol. The van der Waals surface area contributed by atoms with Gasteiger partial charge in [0.25, 0.3) is 0 Å². The summed E-state index contributed by atoms with van der Waals surface area (Å²) < 4.78 is 34.3. The fourth-order valence-corrected chi connectivity index (χ4v) is 5.31. The third-order valence-electron chi connectivity index (χ3n) is 5.59. The summed E-state index contributed by atoms with van der Waals surface area (Å²) in [5.41, 5.74) is 3.16. The van der Waals surface area contributed by atoms with Crippen LogP contribution in [0.3, 0.4) is 0 Å². The van der Waals surface area contributed by atoms with Crippen molar-refractivity contribution in [3.63, 3.8) is 0 Å². The monoisotopic (exact) mass is 432 g/mol. The molecule has 0 bridgehead atoms. The number of sulfonamides is 1. The fourth-order valence-electron chi connectivity index (χ4n) is 3.81. The van der Waals surface area contributed by atoms with Gasteiger partial charge in [0.15, 0.2) is 0 Å². The maximum absolute atomic E-state index is 13.1. The number of benzene rings is 2. The lowest BCUT2D eigenvalue weighted by molar-refractivity contribution is -0.110. The van der Waals surface area contributed by atoms with Gasteiger partial charge in [0.2, 0.25) is 10.0 Å². The maximum atomic E-state index is 13.1. The zero-order valence-electron chi connectivity index (χ0n) is 18.4. The van der Waals surface area contributed by atoms with Gasteiger partial charge in [-0.15, -0.1) is 0 Å². The predicted octanol–water partition coefficient (Wildman–Crippen LogP) is 3.44. The quantitative estimate of drug-likeness (QED) is 0.726. The van der Waals surface area contributed by atoms with E-state index in [4.69, 9.17) is 9.57 Å². The first-order valence-corrected chi connectivity index (χ1v) is 11.7. The largest absolute Gasteiger partial charge is 0.496 e. The minimum Gasteiger partial charge on any atom is -0.496 e. The van der Waals surface area contributed by atoms with Gasteiger partial charge < -0.3 is 4.74 Å². The Hall–Kier alpha value is -1.93. The predicted molar refractivity (Wildman–Crippen MR) is 119 cm³/mol. The number of methoxy groups -OCH3 is 1. The first-order chi connectivity index (χ1) is 14.1. The number of para-hydroxylation sites is 1. The zero-order valence-corrected chi connectivity index (χ0v) is 19.2. The summed E-state index contributed by atoms with van der Waals surface area (Å²) in [7, 11) is -0.176. The van der Waals surface area contributed by atoms with Crippen molar-refractivity contribution < 1.29 is 18.0 Å². The van der Waals surface area contributed by atoms with Crippen LogP contribution in [0.4, 0.5) is 0 Å². The van der Waals surface area contributed by atoms with Crippen LogP contribution in [-0.4, -0.2) is 46.0 Å². The summed E-state index contributed by atoms with van der Waals surface area (Å²) in [6.07, 6.45) is 0.553. The van der Waals surface area contributed by atoms with E-state index in [2.05, 4.69) is 37.6 Å². The minimum absolute atomic E-state index is 0.0438. The molecule has 0 aromatic heterocycles. The number of hydrogen-bond donors (Lipinski definition) is 1. The molecule has 0 spiro atoms. The standard InChI is InChI=1S/C23H32N2O4S/c1-23(2,3)19-12-10-18(11-13-19)22-21(16-29-25(22)4)30(26,27)24-15-14-17-8-6-7-9-20(17)28-5/h6-13,21-22,24H,14-16H2,1-5H3/t21-,22+/m1/s1. The van der Waals surface area contributed by atoms with Crippen molar-refractivity contribution >= 4 is 10.0 Å². The second kappa shape index (κ2) is 9.06. The fraction of sp³-hybridized carbons (Fsp3) is 0.478. The van der Waals surface area contributed by atoms with Crippen LogP contribution < -0.4 is 9.46 Å². The van der Waals surface area contributed by atoms with Crippen molar-refractivity contribution in [3.8, 4) is 5.75 Å². The molecule has 1 saturated heterocycles. The molecule has 2 aromatic rings. The van der Waals surface area contributed by atoms with Gasteiger partial charge in [0, 0.05) is 13.6 Å². The first kappa shape index (κ1) is 22.7. The van der Waals surface area contributed by atoms with Crippen molar-refractivity contribution in [2.75, 3.05) is 27.3 Å². The molecular formula is C23H32N2O4S. The molecule has 30 heavy (non-hydrogen) atoms. The van der Waals surface area contributed by atoms with Gasteiger partial charge in [-0.1, -0.05) is 63.2 Å². The number of ether oxygens (including phenoxy) is 1. The van der Waals surface area contributed by atoms with Gasteiger partial charge in [0.1, 0.15) is 11.0 Å². The van der Waals surface area contributed by atoms with E-state index in [9.17, 15) is 8.42 Å². The SMILES string of the molecule is COc1ccccc1CCNS(=O)(=O)[C@@H]1CON(C)[C@H]1c1ccc(C(C)(C)C)cc1. The van der Waals surface area contributed by atoms with E-state index in [1.165, 1.54) is 5.56 Å². The molecule has 0 aliphatic carbocycles. The third kappa shape index (κ3) is 5.03. The molecule has 1 fully saturated rings. The Morgan fingerprint density at radius 1 is 1.13 bits per heavy atom. The van der Waals surface area contributed by atoms with Crippen LogP contribution in [0.5, 0.6) is 5.75 Å². The Labute approximate surface area is 180 Å². The Kier molecular flexibility index (Phi) is 6.87. The number of hydroxylamine groups is 2. The van der Waals surface area contributed by atoms with Crippen LogP contribution in [0.1, 0.15) is 43.5 Å². The van der Waals surface area contributed by atoms with Crippen LogP contribution in [-0.2, 0) is 26.7 Å². The number of nitrogens with one attached hydrogen (secondary N) is 1. The smallest absolute Gasteiger partial charge is 0.218 e. The van der Waals surface area contributed by atoms with Crippen LogP contribution in [0, 0.1) is 0 Å². The molecule has 0 unspecified atom stereocenters. The van der Waals surface area contributed by atoms with Crippen molar-refractivity contribution in [2.24, 2.45) is 0 Å². The van der Waals surface area contributed by atoms with Gasteiger partial charge in [-0.05, 0) is 34.6 Å². The lowest BCUT2D eigenvalue weighted by Gasteiger charge is -2.25. The van der Waals surface area contributed by atoms with E-state index in [1.54, 1.807) is 19.2 Å². The van der Waals surface area contributed by atoms with Crippen molar-refractivity contribution in [2.45, 2.75) is 43.9 Å². The highest BCUT2D eigenvalue weighted by atomic mass is 32.2. The number of rotatable bonds is 7. The molecule has 3 rings (SSSR count). The summed E-state index contributed by atoms with van der Waals surface area (Å²) in [6.45, 7) is 6.91. The molecule has 0 saturated carbocycles. The Bertz CT molecular complexity index is 952. The minimum atomic E-state index is -3.58. The van der Waals surface area contributed by atoms with E-state index in [1.807, 2.05) is 36.4 Å². The zero-order chi connectivity index (χ0) is 21.9. The molecule has 2 aromatic carbocycles. The molecule has 0 amide bonds. The molecule has 164 valence electrons. The normalized spacial score (nSPS) is 20.4. The van der Waals surface area contributed by atoms with Gasteiger partial charge in [-0.3, -0.25) is 4.84 Å². The molecule has 1 aliphatic heterocycles. The lowest BCUT2D eigenvalue weighted by Crippen LogP contribution is -2.40. The average Bonchev–Trinajstić information content (AvgIpc) is 3.10. The summed E-state index contributed by atoms with van der Waals surface area (Å²) in [4.78, 5) is 5.61. The molecule has 0 radical (unpaired) electrons.